The molecule has 0 N–H and O–H groups in total. The summed E-state index contributed by atoms with van der Waals surface area (Å²) in [5.74, 6) is -0.713. The van der Waals surface area contributed by atoms with Crippen LogP contribution in [0.4, 0.5) is 0 Å². The minimum atomic E-state index is -0.593. The van der Waals surface area contributed by atoms with Crippen molar-refractivity contribution in [1.82, 2.24) is 0 Å². The number of fused-ring (bicyclic) bond motifs is 1. The highest BCUT2D eigenvalue weighted by Crippen LogP contribution is 2.45. The number of hydrogen-bond donors (Lipinski definition) is 0. The van der Waals surface area contributed by atoms with Gasteiger partial charge in [0.05, 0.1) is 27.7 Å². The number of hydrogen-bond acceptors (Lipinski definition) is 4. The lowest BCUT2D eigenvalue weighted by Gasteiger charge is -2.23. The van der Waals surface area contributed by atoms with Crippen LogP contribution < -0.4 is 0 Å². The van der Waals surface area contributed by atoms with Gasteiger partial charge in [-0.25, -0.2) is 0 Å². The van der Waals surface area contributed by atoms with Gasteiger partial charge < -0.3 is 4.74 Å². The normalized spacial score (nSPS) is 18.4. The van der Waals surface area contributed by atoms with Gasteiger partial charge in [-0.05, 0) is 6.07 Å². The lowest BCUT2D eigenvalue weighted by atomic mass is 10.1. The van der Waals surface area contributed by atoms with Crippen LogP contribution in [-0.2, 0) is 9.53 Å². The van der Waals surface area contributed by atoms with Crippen molar-refractivity contribution in [3.05, 3.63) is 26.7 Å². The zero-order chi connectivity index (χ0) is 13.4. The van der Waals surface area contributed by atoms with Crippen LogP contribution in [0.25, 0.3) is 0 Å². The van der Waals surface area contributed by atoms with Gasteiger partial charge in [-0.1, -0.05) is 34.8 Å². The van der Waals surface area contributed by atoms with E-state index in [2.05, 4.69) is 4.74 Å². The maximum Gasteiger partial charge on any atom is 0.319 e. The highest BCUT2D eigenvalue weighted by molar-refractivity contribution is 8.01. The number of carbonyl (C=O) groups excluding carboxylic acids is 2. The molecule has 0 fully saturated rings. The Balaban J connectivity index is 2.52. The van der Waals surface area contributed by atoms with Crippen molar-refractivity contribution in [1.29, 1.82) is 0 Å². The van der Waals surface area contributed by atoms with Crippen molar-refractivity contribution in [2.45, 2.75) is 16.6 Å². The molecule has 2 rings (SSSR count). The summed E-state index contributed by atoms with van der Waals surface area (Å²) in [6, 6.07) is 1.46. The molecule has 0 radical (unpaired) electrons. The highest BCUT2D eigenvalue weighted by Gasteiger charge is 2.35. The number of methoxy groups -OCH3 is 1. The number of benzene rings is 1. The van der Waals surface area contributed by atoms with Crippen LogP contribution in [0.3, 0.4) is 0 Å². The average molecular weight is 326 g/mol. The first-order valence-corrected chi connectivity index (χ1v) is 6.92. The van der Waals surface area contributed by atoms with Crippen LogP contribution in [0.1, 0.15) is 16.8 Å². The van der Waals surface area contributed by atoms with Gasteiger partial charge in [0.15, 0.2) is 5.78 Å². The molecule has 1 aliphatic heterocycles. The summed E-state index contributed by atoms with van der Waals surface area (Å²) in [5.41, 5.74) is 0.291. The topological polar surface area (TPSA) is 43.4 Å². The fraction of sp³-hybridized carbons (Fsp3) is 0.273. The standard InChI is InChI=1S/C11H7Cl3O3S/c1-17-11(16)7-3-6(15)8-9(14)4(12)2-5(13)10(8)18-7/h2,7H,3H2,1H3. The number of thioether (sulfide) groups is 1. The summed E-state index contributed by atoms with van der Waals surface area (Å²) in [6.45, 7) is 0. The minimum Gasteiger partial charge on any atom is -0.468 e. The Hall–Kier alpha value is -0.420. The van der Waals surface area contributed by atoms with Gasteiger partial charge in [0.1, 0.15) is 5.25 Å². The molecule has 1 aromatic rings. The summed E-state index contributed by atoms with van der Waals surface area (Å²) >= 11 is 19.1. The van der Waals surface area contributed by atoms with E-state index in [0.29, 0.717) is 15.5 Å². The maximum atomic E-state index is 12.0. The van der Waals surface area contributed by atoms with Crippen molar-refractivity contribution in [2.75, 3.05) is 7.11 Å². The van der Waals surface area contributed by atoms with Crippen LogP contribution in [0.2, 0.25) is 15.1 Å². The average Bonchev–Trinajstić information content (AvgIpc) is 2.34. The zero-order valence-corrected chi connectivity index (χ0v) is 12.2. The van der Waals surface area contributed by atoms with Crippen molar-refractivity contribution in [2.24, 2.45) is 0 Å². The van der Waals surface area contributed by atoms with Gasteiger partial charge in [0.25, 0.3) is 0 Å². The Morgan fingerprint density at radius 2 is 2.06 bits per heavy atom. The SMILES string of the molecule is COC(=O)C1CC(=O)c2c(Cl)c(Cl)cc(Cl)c2S1. The molecule has 3 nitrogen and oxygen atoms in total. The fourth-order valence-electron chi connectivity index (χ4n) is 1.66. The molecule has 18 heavy (non-hydrogen) atoms. The molecular formula is C11H7Cl3O3S. The number of rotatable bonds is 1. The second-order valence-electron chi connectivity index (χ2n) is 3.62. The summed E-state index contributed by atoms with van der Waals surface area (Å²) in [7, 11) is 1.28. The molecule has 1 unspecified atom stereocenters. The molecule has 0 aromatic heterocycles. The summed E-state index contributed by atoms with van der Waals surface area (Å²) in [6.07, 6.45) is 0.0285. The first-order valence-electron chi connectivity index (χ1n) is 4.91. The number of ketones is 1. The molecule has 0 spiro atoms. The van der Waals surface area contributed by atoms with E-state index in [0.717, 1.165) is 0 Å². The van der Waals surface area contributed by atoms with Gasteiger partial charge in [-0.3, -0.25) is 9.59 Å². The number of halogens is 3. The smallest absolute Gasteiger partial charge is 0.319 e. The third-order valence-corrected chi connectivity index (χ3v) is 5.00. The summed E-state index contributed by atoms with van der Waals surface area (Å²) in [4.78, 5) is 24.0. The molecule has 7 heteroatoms. The molecule has 0 aliphatic carbocycles. The van der Waals surface area contributed by atoms with Crippen LogP contribution >= 0.6 is 46.6 Å². The largest absolute Gasteiger partial charge is 0.468 e. The van der Waals surface area contributed by atoms with E-state index >= 15 is 0 Å². The summed E-state index contributed by atoms with van der Waals surface area (Å²) in [5, 5.41) is 0.124. The quantitative estimate of drug-likeness (QED) is 0.581. The van der Waals surface area contributed by atoms with Crippen LogP contribution in [-0.4, -0.2) is 24.1 Å². The molecule has 0 saturated carbocycles. The van der Waals surface area contributed by atoms with Gasteiger partial charge in [0, 0.05) is 11.3 Å². The van der Waals surface area contributed by atoms with E-state index in [1.807, 2.05) is 0 Å². The first-order chi connectivity index (χ1) is 8.45. The van der Waals surface area contributed by atoms with Crippen molar-refractivity contribution >= 4 is 58.3 Å². The van der Waals surface area contributed by atoms with Crippen LogP contribution in [0, 0.1) is 0 Å². The Labute approximate surface area is 123 Å². The molecular weight excluding hydrogens is 319 g/mol. The molecule has 1 heterocycles. The monoisotopic (exact) mass is 324 g/mol. The van der Waals surface area contributed by atoms with Crippen molar-refractivity contribution in [3.63, 3.8) is 0 Å². The van der Waals surface area contributed by atoms with Crippen molar-refractivity contribution < 1.29 is 14.3 Å². The molecule has 96 valence electrons. The Morgan fingerprint density at radius 3 is 2.67 bits per heavy atom. The van der Waals surface area contributed by atoms with E-state index in [4.69, 9.17) is 34.8 Å². The van der Waals surface area contributed by atoms with Crippen molar-refractivity contribution in [3.8, 4) is 0 Å². The highest BCUT2D eigenvalue weighted by atomic mass is 35.5. The fourth-order valence-corrected chi connectivity index (χ4v) is 3.78. The second-order valence-corrected chi connectivity index (χ2v) is 6.02. The maximum absolute atomic E-state index is 12.0. The van der Waals surface area contributed by atoms with E-state index in [9.17, 15) is 9.59 Å². The molecule has 1 aromatic carbocycles. The van der Waals surface area contributed by atoms with Crippen LogP contribution in [0.15, 0.2) is 11.0 Å². The minimum absolute atomic E-state index is 0.0285. The predicted octanol–water partition coefficient (Wildman–Crippen LogP) is 3.87. The van der Waals surface area contributed by atoms with Crippen LogP contribution in [0.5, 0.6) is 0 Å². The Morgan fingerprint density at radius 1 is 1.39 bits per heavy atom. The predicted molar refractivity (Wildman–Crippen MR) is 72.1 cm³/mol. The number of carbonyl (C=O) groups is 2. The van der Waals surface area contributed by atoms with Gasteiger partial charge in [0.2, 0.25) is 0 Å². The van der Waals surface area contributed by atoms with Gasteiger partial charge in [-0.2, -0.15) is 0 Å². The number of Topliss-reactive ketones (excluding diaryl/α,β-unsaturated/α-hetero) is 1. The summed E-state index contributed by atoms with van der Waals surface area (Å²) < 4.78 is 4.63. The third kappa shape index (κ3) is 2.35. The van der Waals surface area contributed by atoms with E-state index in [-0.39, 0.29) is 22.2 Å². The van der Waals surface area contributed by atoms with E-state index in [1.165, 1.54) is 24.9 Å². The lowest BCUT2D eigenvalue weighted by Crippen LogP contribution is -2.26. The number of esters is 1. The van der Waals surface area contributed by atoms with Gasteiger partial charge >= 0.3 is 5.97 Å². The second kappa shape index (κ2) is 5.29. The molecule has 1 atom stereocenters. The number of ether oxygens (including phenoxy) is 1. The Bertz CT molecular complexity index is 545. The molecule has 0 amide bonds. The molecule has 1 aliphatic rings. The molecule has 0 saturated heterocycles. The first kappa shape index (κ1) is 14.0. The van der Waals surface area contributed by atoms with E-state index in [1.54, 1.807) is 0 Å². The molecule has 0 bridgehead atoms. The zero-order valence-electron chi connectivity index (χ0n) is 9.13. The van der Waals surface area contributed by atoms with E-state index < -0.39 is 11.2 Å². The third-order valence-electron chi connectivity index (χ3n) is 2.50. The lowest BCUT2D eigenvalue weighted by molar-refractivity contribution is -0.139. The Kier molecular flexibility index (Phi) is 4.11. The van der Waals surface area contributed by atoms with Gasteiger partial charge in [-0.15, -0.1) is 11.8 Å².